The van der Waals surface area contributed by atoms with Crippen molar-refractivity contribution in [1.29, 1.82) is 0 Å². The SMILES string of the molecule is CCCCCCCCCCCCCCCC(=O)OCC1CC2C=CC1C2. The minimum absolute atomic E-state index is 0.0276. The van der Waals surface area contributed by atoms with Gasteiger partial charge in [0.2, 0.25) is 0 Å². The molecule has 3 unspecified atom stereocenters. The van der Waals surface area contributed by atoms with Gasteiger partial charge in [-0.05, 0) is 37.0 Å². The summed E-state index contributed by atoms with van der Waals surface area (Å²) in [5.41, 5.74) is 0. The lowest BCUT2D eigenvalue weighted by molar-refractivity contribution is -0.145. The second-order valence-corrected chi connectivity index (χ2v) is 8.72. The Labute approximate surface area is 162 Å². The van der Waals surface area contributed by atoms with Gasteiger partial charge in [-0.15, -0.1) is 0 Å². The van der Waals surface area contributed by atoms with Crippen molar-refractivity contribution in [3.05, 3.63) is 12.2 Å². The minimum Gasteiger partial charge on any atom is -0.465 e. The maximum Gasteiger partial charge on any atom is 0.305 e. The Morgan fingerprint density at radius 2 is 1.38 bits per heavy atom. The number of carbonyl (C=O) groups excluding carboxylic acids is 1. The van der Waals surface area contributed by atoms with Gasteiger partial charge in [0.25, 0.3) is 0 Å². The van der Waals surface area contributed by atoms with Gasteiger partial charge in [-0.2, -0.15) is 0 Å². The predicted octanol–water partition coefficient (Wildman–Crippen LogP) is 7.22. The molecular formula is C24H42O2. The molecule has 2 aliphatic carbocycles. The Hall–Kier alpha value is -0.790. The number of hydrogen-bond donors (Lipinski definition) is 0. The molecule has 2 rings (SSSR count). The van der Waals surface area contributed by atoms with Gasteiger partial charge in [-0.25, -0.2) is 0 Å². The highest BCUT2D eigenvalue weighted by Crippen LogP contribution is 2.43. The lowest BCUT2D eigenvalue weighted by Gasteiger charge is -2.17. The fraction of sp³-hybridized carbons (Fsp3) is 0.875. The van der Waals surface area contributed by atoms with E-state index in [2.05, 4.69) is 19.1 Å². The third-order valence-electron chi connectivity index (χ3n) is 6.36. The molecule has 0 radical (unpaired) electrons. The van der Waals surface area contributed by atoms with E-state index in [0.29, 0.717) is 24.9 Å². The number of unbranched alkanes of at least 4 members (excludes halogenated alkanes) is 12. The minimum atomic E-state index is 0.0276. The highest BCUT2D eigenvalue weighted by Gasteiger charge is 2.36. The Bertz CT molecular complexity index is 401. The maximum absolute atomic E-state index is 11.9. The van der Waals surface area contributed by atoms with Crippen LogP contribution in [0.1, 0.15) is 110 Å². The van der Waals surface area contributed by atoms with Crippen molar-refractivity contribution < 1.29 is 9.53 Å². The predicted molar refractivity (Wildman–Crippen MR) is 110 cm³/mol. The van der Waals surface area contributed by atoms with E-state index < -0.39 is 0 Å². The average Bonchev–Trinajstić information content (AvgIpc) is 3.27. The molecule has 26 heavy (non-hydrogen) atoms. The van der Waals surface area contributed by atoms with Crippen molar-refractivity contribution in [2.24, 2.45) is 17.8 Å². The summed E-state index contributed by atoms with van der Waals surface area (Å²) < 4.78 is 5.51. The quantitative estimate of drug-likeness (QED) is 0.164. The molecule has 150 valence electrons. The van der Waals surface area contributed by atoms with E-state index in [1.165, 1.54) is 89.9 Å². The molecule has 0 N–H and O–H groups in total. The van der Waals surface area contributed by atoms with Gasteiger partial charge in [-0.1, -0.05) is 96.1 Å². The fourth-order valence-electron chi connectivity index (χ4n) is 4.65. The number of ether oxygens (including phenoxy) is 1. The van der Waals surface area contributed by atoms with Crippen LogP contribution in [0.3, 0.4) is 0 Å². The molecule has 3 atom stereocenters. The Kier molecular flexibility index (Phi) is 11.1. The lowest BCUT2D eigenvalue weighted by atomic mass is 9.95. The highest BCUT2D eigenvalue weighted by molar-refractivity contribution is 5.69. The molecule has 2 heteroatoms. The molecule has 0 aromatic rings. The van der Waals surface area contributed by atoms with Crippen molar-refractivity contribution in [2.45, 2.75) is 110 Å². The van der Waals surface area contributed by atoms with Crippen LogP contribution >= 0.6 is 0 Å². The van der Waals surface area contributed by atoms with Gasteiger partial charge in [0.15, 0.2) is 0 Å². The number of carbonyl (C=O) groups is 1. The van der Waals surface area contributed by atoms with E-state index in [4.69, 9.17) is 4.74 Å². The summed E-state index contributed by atoms with van der Waals surface area (Å²) in [4.78, 5) is 11.9. The maximum atomic E-state index is 11.9. The molecule has 0 heterocycles. The van der Waals surface area contributed by atoms with Gasteiger partial charge in [0.1, 0.15) is 0 Å². The Balaban J connectivity index is 1.29. The third-order valence-corrected chi connectivity index (χ3v) is 6.36. The largest absolute Gasteiger partial charge is 0.465 e. The van der Waals surface area contributed by atoms with Crippen molar-refractivity contribution in [3.63, 3.8) is 0 Å². The molecule has 0 aromatic carbocycles. The van der Waals surface area contributed by atoms with Crippen LogP contribution in [0.2, 0.25) is 0 Å². The van der Waals surface area contributed by atoms with Crippen LogP contribution in [-0.4, -0.2) is 12.6 Å². The summed E-state index contributed by atoms with van der Waals surface area (Å²) in [6.45, 7) is 2.93. The van der Waals surface area contributed by atoms with Crippen molar-refractivity contribution in [2.75, 3.05) is 6.61 Å². The van der Waals surface area contributed by atoms with Crippen LogP contribution in [-0.2, 0) is 9.53 Å². The van der Waals surface area contributed by atoms with E-state index in [1.807, 2.05) is 0 Å². The molecule has 0 amide bonds. The summed E-state index contributed by atoms with van der Waals surface area (Å²) in [5, 5.41) is 0. The third kappa shape index (κ3) is 8.73. The van der Waals surface area contributed by atoms with Crippen molar-refractivity contribution >= 4 is 5.97 Å². The molecule has 0 aromatic heterocycles. The van der Waals surface area contributed by atoms with Gasteiger partial charge < -0.3 is 4.74 Å². The molecule has 2 aliphatic rings. The Morgan fingerprint density at radius 1 is 0.808 bits per heavy atom. The first kappa shape index (κ1) is 21.5. The fourth-order valence-corrected chi connectivity index (χ4v) is 4.65. The van der Waals surface area contributed by atoms with Crippen LogP contribution in [0.4, 0.5) is 0 Å². The van der Waals surface area contributed by atoms with Crippen LogP contribution in [0.5, 0.6) is 0 Å². The number of rotatable bonds is 16. The van der Waals surface area contributed by atoms with Gasteiger partial charge in [-0.3, -0.25) is 4.79 Å². The highest BCUT2D eigenvalue weighted by atomic mass is 16.5. The number of fused-ring (bicyclic) bond motifs is 2. The van der Waals surface area contributed by atoms with E-state index in [0.717, 1.165) is 12.3 Å². The summed E-state index contributed by atoms with van der Waals surface area (Å²) in [5.74, 6) is 2.08. The smallest absolute Gasteiger partial charge is 0.305 e. The second-order valence-electron chi connectivity index (χ2n) is 8.72. The van der Waals surface area contributed by atoms with E-state index >= 15 is 0 Å². The topological polar surface area (TPSA) is 26.3 Å². The molecule has 1 fully saturated rings. The zero-order chi connectivity index (χ0) is 18.5. The molecule has 1 saturated carbocycles. The second kappa shape index (κ2) is 13.4. The number of esters is 1. The van der Waals surface area contributed by atoms with Crippen molar-refractivity contribution in [1.82, 2.24) is 0 Å². The van der Waals surface area contributed by atoms with Crippen LogP contribution in [0.15, 0.2) is 12.2 Å². The first-order valence-electron chi connectivity index (χ1n) is 11.6. The first-order chi connectivity index (χ1) is 12.8. The number of allylic oxidation sites excluding steroid dienone is 2. The van der Waals surface area contributed by atoms with Gasteiger partial charge >= 0.3 is 5.97 Å². The van der Waals surface area contributed by atoms with Gasteiger partial charge in [0, 0.05) is 6.42 Å². The summed E-state index contributed by atoms with van der Waals surface area (Å²) in [7, 11) is 0. The molecule has 2 bridgehead atoms. The molecular weight excluding hydrogens is 320 g/mol. The van der Waals surface area contributed by atoms with E-state index in [9.17, 15) is 4.79 Å². The van der Waals surface area contributed by atoms with Crippen LogP contribution < -0.4 is 0 Å². The molecule has 0 saturated heterocycles. The first-order valence-corrected chi connectivity index (χ1v) is 11.6. The summed E-state index contributed by atoms with van der Waals surface area (Å²) in [6, 6.07) is 0. The van der Waals surface area contributed by atoms with E-state index in [-0.39, 0.29) is 5.97 Å². The molecule has 2 nitrogen and oxygen atoms in total. The zero-order valence-corrected chi connectivity index (χ0v) is 17.2. The average molecular weight is 363 g/mol. The number of hydrogen-bond acceptors (Lipinski definition) is 2. The summed E-state index contributed by atoms with van der Waals surface area (Å²) >= 11 is 0. The normalized spacial score (nSPS) is 23.7. The summed E-state index contributed by atoms with van der Waals surface area (Å²) in [6.07, 6.45) is 25.3. The van der Waals surface area contributed by atoms with E-state index in [1.54, 1.807) is 0 Å². The van der Waals surface area contributed by atoms with Crippen molar-refractivity contribution in [3.8, 4) is 0 Å². The molecule has 0 aliphatic heterocycles. The van der Waals surface area contributed by atoms with Crippen LogP contribution in [0, 0.1) is 17.8 Å². The Morgan fingerprint density at radius 3 is 1.88 bits per heavy atom. The lowest BCUT2D eigenvalue weighted by Crippen LogP contribution is -2.17. The zero-order valence-electron chi connectivity index (χ0n) is 17.2. The van der Waals surface area contributed by atoms with Crippen LogP contribution in [0.25, 0.3) is 0 Å². The molecule has 0 spiro atoms. The standard InChI is InChI=1S/C24H42O2/c1-2-3-4-5-6-7-8-9-10-11-12-13-14-15-24(25)26-20-23-19-21-16-17-22(23)18-21/h16-17,21-23H,2-15,18-20H2,1H3. The monoisotopic (exact) mass is 362 g/mol. The van der Waals surface area contributed by atoms with Gasteiger partial charge in [0.05, 0.1) is 6.61 Å².